The van der Waals surface area contributed by atoms with Gasteiger partial charge in [-0.3, -0.25) is 4.90 Å². The predicted molar refractivity (Wildman–Crippen MR) is 74.5 cm³/mol. The fourth-order valence-electron chi connectivity index (χ4n) is 2.13. The Labute approximate surface area is 122 Å². The molecule has 0 amide bonds. The van der Waals surface area contributed by atoms with Crippen LogP contribution in [0.4, 0.5) is 13.2 Å². The molecule has 0 atom stereocenters. The highest BCUT2D eigenvalue weighted by Gasteiger charge is 2.37. The van der Waals surface area contributed by atoms with Crippen molar-refractivity contribution in [3.63, 3.8) is 0 Å². The topological polar surface area (TPSA) is 23.5 Å². The molecule has 21 heavy (non-hydrogen) atoms. The molecular weight excluding hydrogens is 279 g/mol. The first kappa shape index (κ1) is 15.9. The van der Waals surface area contributed by atoms with Crippen molar-refractivity contribution >= 4 is 0 Å². The van der Waals surface area contributed by atoms with Crippen molar-refractivity contribution in [2.75, 3.05) is 13.2 Å². The van der Waals surface area contributed by atoms with E-state index < -0.39 is 12.7 Å². The average Bonchev–Trinajstić information content (AvgIpc) is 3.23. The molecule has 0 aromatic heterocycles. The molecule has 1 fully saturated rings. The highest BCUT2D eigenvalue weighted by molar-refractivity contribution is 5.36. The van der Waals surface area contributed by atoms with E-state index in [9.17, 15) is 13.2 Å². The molecule has 0 saturated heterocycles. The molecule has 0 spiro atoms. The fourth-order valence-corrected chi connectivity index (χ4v) is 2.13. The molecule has 1 aromatic carbocycles. The van der Waals surface area contributed by atoms with Gasteiger partial charge >= 0.3 is 6.18 Å². The molecule has 1 N–H and O–H groups in total. The molecule has 0 unspecified atom stereocenters. The highest BCUT2D eigenvalue weighted by atomic mass is 19.4. The summed E-state index contributed by atoms with van der Waals surface area (Å²) in [6.07, 6.45) is -2.04. The molecule has 1 aliphatic rings. The number of nitrogens with zero attached hydrogens (tertiary/aromatic N) is 1. The Bertz CT molecular complexity index is 509. The minimum absolute atomic E-state index is 0.0267. The Kier molecular flexibility index (Phi) is 5.27. The van der Waals surface area contributed by atoms with Crippen LogP contribution in [-0.2, 0) is 6.54 Å². The molecule has 1 aliphatic carbocycles. The molecule has 0 aliphatic heterocycles. The Morgan fingerprint density at radius 1 is 1.19 bits per heavy atom. The lowest BCUT2D eigenvalue weighted by Gasteiger charge is -2.23. The third kappa shape index (κ3) is 5.78. The summed E-state index contributed by atoms with van der Waals surface area (Å²) < 4.78 is 37.7. The number of halogens is 3. The van der Waals surface area contributed by atoms with Crippen LogP contribution >= 0.6 is 0 Å². The number of aliphatic hydroxyl groups is 1. The van der Waals surface area contributed by atoms with Crippen LogP contribution in [0.2, 0.25) is 0 Å². The largest absolute Gasteiger partial charge is 0.401 e. The van der Waals surface area contributed by atoms with Crippen LogP contribution in [0, 0.1) is 11.8 Å². The van der Waals surface area contributed by atoms with Crippen LogP contribution in [0.5, 0.6) is 0 Å². The summed E-state index contributed by atoms with van der Waals surface area (Å²) in [6, 6.07) is 7.30. The minimum atomic E-state index is -4.15. The Morgan fingerprint density at radius 3 is 2.38 bits per heavy atom. The van der Waals surface area contributed by atoms with Crippen LogP contribution in [0.3, 0.4) is 0 Å². The smallest absolute Gasteiger partial charge is 0.395 e. The van der Waals surface area contributed by atoms with E-state index in [-0.39, 0.29) is 12.6 Å². The van der Waals surface area contributed by atoms with Gasteiger partial charge in [-0.05, 0) is 30.5 Å². The van der Waals surface area contributed by atoms with Crippen LogP contribution < -0.4 is 0 Å². The Hall–Kier alpha value is -1.51. The van der Waals surface area contributed by atoms with E-state index in [0.29, 0.717) is 13.0 Å². The zero-order valence-corrected chi connectivity index (χ0v) is 11.7. The van der Waals surface area contributed by atoms with Crippen LogP contribution in [0.15, 0.2) is 24.3 Å². The normalized spacial score (nSPS) is 14.9. The van der Waals surface area contributed by atoms with E-state index in [1.807, 2.05) is 12.1 Å². The third-order valence-corrected chi connectivity index (χ3v) is 3.25. The minimum Gasteiger partial charge on any atom is -0.395 e. The van der Waals surface area contributed by atoms with Gasteiger partial charge < -0.3 is 5.11 Å². The highest BCUT2D eigenvalue weighted by Crippen LogP contribution is 2.31. The number of hydrogen-bond donors (Lipinski definition) is 1. The maximum Gasteiger partial charge on any atom is 0.401 e. The first-order valence-electron chi connectivity index (χ1n) is 6.97. The van der Waals surface area contributed by atoms with Crippen molar-refractivity contribution in [3.8, 4) is 11.8 Å². The lowest BCUT2D eigenvalue weighted by molar-refractivity contribution is -0.148. The fraction of sp³-hybridized carbons (Fsp3) is 0.500. The van der Waals surface area contributed by atoms with Gasteiger partial charge in [-0.15, -0.1) is 0 Å². The predicted octanol–water partition coefficient (Wildman–Crippen LogP) is 2.95. The number of aliphatic hydroxyl groups excluding tert-OH is 1. The summed E-state index contributed by atoms with van der Waals surface area (Å²) in [6.45, 7) is -0.511. The number of benzene rings is 1. The van der Waals surface area contributed by atoms with Gasteiger partial charge in [-0.2, -0.15) is 13.2 Å². The molecule has 0 bridgehead atoms. The first-order chi connectivity index (χ1) is 9.98. The summed E-state index contributed by atoms with van der Waals surface area (Å²) >= 11 is 0. The standard InChI is InChI=1S/C16H18F3NO/c17-16(18,19)12-20(15-8-9-15)11-14-6-4-13(5-7-14)3-1-2-10-21/h4-7,15,21H,2,8-12H2. The van der Waals surface area contributed by atoms with Gasteiger partial charge in [0, 0.05) is 24.6 Å². The van der Waals surface area contributed by atoms with Gasteiger partial charge in [0.05, 0.1) is 13.2 Å². The molecule has 114 valence electrons. The zero-order valence-electron chi connectivity index (χ0n) is 11.7. The Balaban J connectivity index is 1.96. The molecule has 2 nitrogen and oxygen atoms in total. The van der Waals surface area contributed by atoms with E-state index in [1.165, 1.54) is 4.90 Å². The SMILES string of the molecule is OCCC#Cc1ccc(CN(CC(F)(F)F)C2CC2)cc1. The number of hydrogen-bond acceptors (Lipinski definition) is 2. The summed E-state index contributed by atoms with van der Waals surface area (Å²) in [5.74, 6) is 5.71. The van der Waals surface area contributed by atoms with Gasteiger partial charge in [-0.1, -0.05) is 24.0 Å². The zero-order chi connectivity index (χ0) is 15.3. The van der Waals surface area contributed by atoms with Gasteiger partial charge in [0.2, 0.25) is 0 Å². The summed E-state index contributed by atoms with van der Waals surface area (Å²) in [4.78, 5) is 1.49. The van der Waals surface area contributed by atoms with Crippen LogP contribution in [-0.4, -0.2) is 35.4 Å². The Morgan fingerprint density at radius 2 is 1.86 bits per heavy atom. The van der Waals surface area contributed by atoms with Gasteiger partial charge in [0.25, 0.3) is 0 Å². The molecule has 5 heteroatoms. The number of rotatable bonds is 5. The molecule has 1 aromatic rings. The van der Waals surface area contributed by atoms with E-state index in [1.54, 1.807) is 12.1 Å². The maximum atomic E-state index is 12.6. The van der Waals surface area contributed by atoms with E-state index in [0.717, 1.165) is 24.0 Å². The van der Waals surface area contributed by atoms with Gasteiger partial charge in [0.1, 0.15) is 0 Å². The molecule has 2 rings (SSSR count). The van der Waals surface area contributed by atoms with Crippen molar-refractivity contribution in [1.82, 2.24) is 4.90 Å². The summed E-state index contributed by atoms with van der Waals surface area (Å²) in [5, 5.41) is 8.64. The van der Waals surface area contributed by atoms with Crippen molar-refractivity contribution in [2.45, 2.75) is 38.0 Å². The number of alkyl halides is 3. The van der Waals surface area contributed by atoms with Gasteiger partial charge in [-0.25, -0.2) is 0 Å². The third-order valence-electron chi connectivity index (χ3n) is 3.25. The summed E-state index contributed by atoms with van der Waals surface area (Å²) in [5.41, 5.74) is 1.67. The van der Waals surface area contributed by atoms with Crippen molar-refractivity contribution in [1.29, 1.82) is 0 Å². The monoisotopic (exact) mass is 297 g/mol. The molecule has 0 heterocycles. The van der Waals surface area contributed by atoms with Crippen LogP contribution in [0.1, 0.15) is 30.4 Å². The quantitative estimate of drug-likeness (QED) is 0.845. The summed E-state index contributed by atoms with van der Waals surface area (Å²) in [7, 11) is 0. The molecule has 1 saturated carbocycles. The van der Waals surface area contributed by atoms with Crippen LogP contribution in [0.25, 0.3) is 0 Å². The van der Waals surface area contributed by atoms with Crippen molar-refractivity contribution in [2.24, 2.45) is 0 Å². The second-order valence-electron chi connectivity index (χ2n) is 5.22. The van der Waals surface area contributed by atoms with Crippen molar-refractivity contribution in [3.05, 3.63) is 35.4 Å². The van der Waals surface area contributed by atoms with Gasteiger partial charge in [0.15, 0.2) is 0 Å². The van der Waals surface area contributed by atoms with E-state index >= 15 is 0 Å². The lowest BCUT2D eigenvalue weighted by atomic mass is 10.1. The molecule has 0 radical (unpaired) electrons. The van der Waals surface area contributed by atoms with E-state index in [2.05, 4.69) is 11.8 Å². The lowest BCUT2D eigenvalue weighted by Crippen LogP contribution is -2.35. The molecular formula is C16H18F3NO. The maximum absolute atomic E-state index is 12.6. The first-order valence-corrected chi connectivity index (χ1v) is 6.97. The van der Waals surface area contributed by atoms with E-state index in [4.69, 9.17) is 5.11 Å². The second kappa shape index (κ2) is 6.97. The average molecular weight is 297 g/mol. The van der Waals surface area contributed by atoms with Crippen molar-refractivity contribution < 1.29 is 18.3 Å². The second-order valence-corrected chi connectivity index (χ2v) is 5.22.